The molecule has 2 bridgehead atoms. The number of likely N-dealkylation sites (N-methyl/N-ethyl adjacent to an activating group) is 1. The SMILES string of the molecule is CN1CCc2cc(Nc3ncc4c(=O)n5n(c4n3)-c3ccc4c(n3)N(CC/C=C/C5)C(=O)CO4)ccc2C12CC2. The molecule has 0 radical (unpaired) electrons. The second kappa shape index (κ2) is 8.49. The summed E-state index contributed by atoms with van der Waals surface area (Å²) in [7, 11) is 2.22. The molecule has 202 valence electrons. The number of anilines is 3. The standard InChI is InChI=1S/C29H28N8O3/c1-34-14-9-18-15-19(5-6-21(18)29(34)10-11-29)31-28-30-16-20-25(33-28)37-23-8-7-22-26(32-23)35(24(38)17-40-22)12-3-2-4-13-36(37)27(20)39/h2,4-8,15-16H,3,9-14,17H2,1H3,(H,30,31,33)/b4-2+. The van der Waals surface area contributed by atoms with Crippen molar-refractivity contribution in [2.24, 2.45) is 0 Å². The molecule has 11 heteroatoms. The van der Waals surface area contributed by atoms with Crippen molar-refractivity contribution in [1.82, 2.24) is 29.2 Å². The van der Waals surface area contributed by atoms with Crippen molar-refractivity contribution in [2.75, 3.05) is 37.0 Å². The Balaban J connectivity index is 1.23. The Morgan fingerprint density at radius 1 is 1.05 bits per heavy atom. The van der Waals surface area contributed by atoms with E-state index in [0.29, 0.717) is 53.9 Å². The van der Waals surface area contributed by atoms with Crippen molar-refractivity contribution in [3.05, 3.63) is 70.2 Å². The molecule has 8 rings (SSSR count). The smallest absolute Gasteiger partial charge is 0.278 e. The summed E-state index contributed by atoms with van der Waals surface area (Å²) in [5.41, 5.74) is 4.15. The van der Waals surface area contributed by atoms with Gasteiger partial charge >= 0.3 is 0 Å². The van der Waals surface area contributed by atoms with Crippen molar-refractivity contribution in [1.29, 1.82) is 0 Å². The number of hydrogen-bond acceptors (Lipinski definition) is 8. The number of nitrogens with zero attached hydrogens (tertiary/aromatic N) is 7. The molecule has 1 fully saturated rings. The van der Waals surface area contributed by atoms with Gasteiger partial charge in [-0.05, 0) is 68.1 Å². The van der Waals surface area contributed by atoms with Gasteiger partial charge in [-0.3, -0.25) is 19.4 Å². The van der Waals surface area contributed by atoms with Gasteiger partial charge in [-0.2, -0.15) is 4.98 Å². The number of allylic oxidation sites excluding steroid dienone is 1. The first-order valence-electron chi connectivity index (χ1n) is 13.7. The first kappa shape index (κ1) is 23.4. The Kier molecular flexibility index (Phi) is 4.96. The van der Waals surface area contributed by atoms with Crippen LogP contribution in [-0.2, 0) is 23.3 Å². The van der Waals surface area contributed by atoms with Crippen LogP contribution in [0.2, 0.25) is 0 Å². The maximum Gasteiger partial charge on any atom is 0.278 e. The lowest BCUT2D eigenvalue weighted by atomic mass is 9.90. The summed E-state index contributed by atoms with van der Waals surface area (Å²) in [6, 6.07) is 10.1. The van der Waals surface area contributed by atoms with Gasteiger partial charge in [-0.15, -0.1) is 0 Å². The summed E-state index contributed by atoms with van der Waals surface area (Å²) in [4.78, 5) is 44.3. The predicted octanol–water partition coefficient (Wildman–Crippen LogP) is 2.88. The molecule has 0 saturated heterocycles. The number of amides is 1. The van der Waals surface area contributed by atoms with Crippen LogP contribution >= 0.6 is 0 Å². The second-order valence-electron chi connectivity index (χ2n) is 10.9. The highest BCUT2D eigenvalue weighted by molar-refractivity contribution is 5.96. The Hall–Kier alpha value is -4.51. The maximum absolute atomic E-state index is 13.5. The number of rotatable bonds is 2. The summed E-state index contributed by atoms with van der Waals surface area (Å²) >= 11 is 0. The van der Waals surface area contributed by atoms with Crippen molar-refractivity contribution < 1.29 is 9.53 Å². The summed E-state index contributed by atoms with van der Waals surface area (Å²) in [6.07, 6.45) is 9.54. The van der Waals surface area contributed by atoms with Crippen LogP contribution in [0.4, 0.5) is 17.5 Å². The fourth-order valence-corrected chi connectivity index (χ4v) is 6.34. The molecular weight excluding hydrogens is 508 g/mol. The van der Waals surface area contributed by atoms with E-state index in [1.54, 1.807) is 32.6 Å². The molecule has 3 aromatic heterocycles. The third-order valence-electron chi connectivity index (χ3n) is 8.62. The molecule has 3 aliphatic heterocycles. The Bertz CT molecular complexity index is 1800. The molecule has 0 unspecified atom stereocenters. The average molecular weight is 537 g/mol. The maximum atomic E-state index is 13.5. The number of fused-ring (bicyclic) bond motifs is 7. The predicted molar refractivity (Wildman–Crippen MR) is 149 cm³/mol. The van der Waals surface area contributed by atoms with Crippen LogP contribution in [0, 0.1) is 0 Å². The fraction of sp³-hybridized carbons (Fsp3) is 0.345. The van der Waals surface area contributed by atoms with E-state index in [0.717, 1.165) is 18.7 Å². The van der Waals surface area contributed by atoms with Crippen LogP contribution in [0.1, 0.15) is 30.4 Å². The lowest BCUT2D eigenvalue weighted by molar-refractivity contribution is -0.121. The Morgan fingerprint density at radius 2 is 1.95 bits per heavy atom. The van der Waals surface area contributed by atoms with E-state index in [9.17, 15) is 9.59 Å². The molecule has 1 N–H and O–H groups in total. The highest BCUT2D eigenvalue weighted by atomic mass is 16.5. The molecule has 4 aromatic rings. The molecular formula is C29H28N8O3. The van der Waals surface area contributed by atoms with Crippen LogP contribution in [0.15, 0.2) is 53.5 Å². The van der Waals surface area contributed by atoms with E-state index in [4.69, 9.17) is 14.7 Å². The third kappa shape index (κ3) is 3.43. The summed E-state index contributed by atoms with van der Waals surface area (Å²) < 4.78 is 8.94. The van der Waals surface area contributed by atoms with Gasteiger partial charge in [0.1, 0.15) is 5.39 Å². The van der Waals surface area contributed by atoms with Crippen molar-refractivity contribution in [3.63, 3.8) is 0 Å². The zero-order valence-corrected chi connectivity index (χ0v) is 22.1. The van der Waals surface area contributed by atoms with E-state index in [2.05, 4.69) is 40.4 Å². The monoisotopic (exact) mass is 536 g/mol. The minimum absolute atomic E-state index is 0.0163. The molecule has 1 aliphatic carbocycles. The zero-order valence-electron chi connectivity index (χ0n) is 22.1. The molecule has 11 nitrogen and oxygen atoms in total. The number of aromatic nitrogens is 5. The van der Waals surface area contributed by atoms with Gasteiger partial charge in [0.25, 0.3) is 11.5 Å². The van der Waals surface area contributed by atoms with E-state index in [-0.39, 0.29) is 23.6 Å². The first-order chi connectivity index (χ1) is 19.5. The summed E-state index contributed by atoms with van der Waals surface area (Å²) in [5.74, 6) is 1.72. The minimum atomic E-state index is -0.207. The number of carbonyl (C=O) groups excluding carboxylic acids is 1. The average Bonchev–Trinajstić information content (AvgIpc) is 3.71. The van der Waals surface area contributed by atoms with Crippen molar-refractivity contribution in [2.45, 2.75) is 37.8 Å². The van der Waals surface area contributed by atoms with Gasteiger partial charge in [0.2, 0.25) is 5.95 Å². The van der Waals surface area contributed by atoms with Crippen molar-refractivity contribution in [3.8, 4) is 11.6 Å². The molecule has 4 aliphatic rings. The van der Waals surface area contributed by atoms with Crippen LogP contribution in [0.3, 0.4) is 0 Å². The normalized spacial score (nSPS) is 19.9. The van der Waals surface area contributed by atoms with Gasteiger partial charge in [0.05, 0.1) is 6.54 Å². The van der Waals surface area contributed by atoms with Crippen molar-refractivity contribution >= 4 is 34.4 Å². The number of benzene rings is 1. The van der Waals surface area contributed by atoms with Gasteiger partial charge in [-0.1, -0.05) is 18.2 Å². The minimum Gasteiger partial charge on any atom is -0.480 e. The van der Waals surface area contributed by atoms with Gasteiger partial charge in [0.15, 0.2) is 29.6 Å². The number of hydrogen-bond donors (Lipinski definition) is 1. The number of carbonyl (C=O) groups is 1. The van der Waals surface area contributed by atoms with E-state index >= 15 is 0 Å². The van der Waals surface area contributed by atoms with Crippen LogP contribution < -0.4 is 20.5 Å². The van der Waals surface area contributed by atoms with E-state index in [1.165, 1.54) is 24.0 Å². The van der Waals surface area contributed by atoms with Crippen LogP contribution in [-0.4, -0.2) is 61.9 Å². The molecule has 1 aromatic carbocycles. The molecule has 1 saturated carbocycles. The number of ether oxygens (including phenoxy) is 1. The molecule has 40 heavy (non-hydrogen) atoms. The first-order valence-corrected chi connectivity index (χ1v) is 13.7. The Labute approximate surface area is 229 Å². The van der Waals surface area contributed by atoms with Gasteiger partial charge in [0, 0.05) is 30.5 Å². The van der Waals surface area contributed by atoms with E-state index in [1.807, 2.05) is 12.2 Å². The lowest BCUT2D eigenvalue weighted by Gasteiger charge is -2.35. The summed E-state index contributed by atoms with van der Waals surface area (Å²) in [6.45, 7) is 1.86. The van der Waals surface area contributed by atoms with Gasteiger partial charge < -0.3 is 10.1 Å². The second-order valence-corrected chi connectivity index (χ2v) is 10.9. The quantitative estimate of drug-likeness (QED) is 0.390. The topological polar surface area (TPSA) is 110 Å². The van der Waals surface area contributed by atoms with Crippen LogP contribution in [0.25, 0.3) is 16.9 Å². The molecule has 6 heterocycles. The highest BCUT2D eigenvalue weighted by Gasteiger charge is 2.50. The highest BCUT2D eigenvalue weighted by Crippen LogP contribution is 2.53. The largest absolute Gasteiger partial charge is 0.480 e. The third-order valence-corrected chi connectivity index (χ3v) is 8.62. The molecule has 1 amide bonds. The number of pyridine rings is 1. The lowest BCUT2D eigenvalue weighted by Crippen LogP contribution is -2.40. The van der Waals surface area contributed by atoms with E-state index < -0.39 is 0 Å². The fourth-order valence-electron chi connectivity index (χ4n) is 6.34. The zero-order chi connectivity index (χ0) is 27.0. The van der Waals surface area contributed by atoms with Crippen LogP contribution in [0.5, 0.6) is 5.75 Å². The van der Waals surface area contributed by atoms with Gasteiger partial charge in [-0.25, -0.2) is 19.3 Å². The number of nitrogens with one attached hydrogen (secondary N) is 1. The molecule has 1 spiro atoms. The molecule has 0 atom stereocenters. The summed E-state index contributed by atoms with van der Waals surface area (Å²) in [5, 5.41) is 3.75. The Morgan fingerprint density at radius 3 is 2.83 bits per heavy atom.